The van der Waals surface area contributed by atoms with Gasteiger partial charge in [-0.25, -0.2) is 13.1 Å². The van der Waals surface area contributed by atoms with Gasteiger partial charge in [0.15, 0.2) is 0 Å². The summed E-state index contributed by atoms with van der Waals surface area (Å²) in [4.78, 5) is 3.88. The van der Waals surface area contributed by atoms with Gasteiger partial charge in [-0.2, -0.15) is 0 Å². The monoisotopic (exact) mass is 292 g/mol. The van der Waals surface area contributed by atoms with Gasteiger partial charge >= 0.3 is 0 Å². The molecule has 5 nitrogen and oxygen atoms in total. The molecule has 0 amide bonds. The number of aromatic nitrogens is 1. The van der Waals surface area contributed by atoms with Crippen LogP contribution in [0.15, 0.2) is 54.9 Å². The minimum atomic E-state index is -3.35. The Morgan fingerprint density at radius 2 is 1.75 bits per heavy atom. The molecule has 2 rings (SSSR count). The molecule has 0 saturated heterocycles. The van der Waals surface area contributed by atoms with Crippen LogP contribution < -0.4 is 9.46 Å². The second-order valence-corrected chi connectivity index (χ2v) is 6.08. The Kier molecular flexibility index (Phi) is 5.09. The van der Waals surface area contributed by atoms with Gasteiger partial charge in [-0.1, -0.05) is 18.2 Å². The molecule has 0 atom stereocenters. The van der Waals surface area contributed by atoms with Crippen molar-refractivity contribution in [2.75, 3.05) is 12.4 Å². The summed E-state index contributed by atoms with van der Waals surface area (Å²) in [7, 11) is -3.35. The molecule has 0 radical (unpaired) electrons. The maximum absolute atomic E-state index is 11.8. The summed E-state index contributed by atoms with van der Waals surface area (Å²) in [5.41, 5.74) is 0.868. The zero-order valence-corrected chi connectivity index (χ0v) is 11.7. The molecule has 0 bridgehead atoms. The molecule has 2 aromatic rings. The van der Waals surface area contributed by atoms with Gasteiger partial charge in [-0.15, -0.1) is 0 Å². The van der Waals surface area contributed by atoms with Crippen molar-refractivity contribution in [3.8, 4) is 5.75 Å². The molecule has 0 saturated carbocycles. The molecule has 1 aromatic carbocycles. The van der Waals surface area contributed by atoms with Gasteiger partial charge < -0.3 is 4.74 Å². The van der Waals surface area contributed by atoms with Crippen molar-refractivity contribution in [3.05, 3.63) is 60.4 Å². The third kappa shape index (κ3) is 4.99. The zero-order chi connectivity index (χ0) is 14.3. The van der Waals surface area contributed by atoms with Crippen LogP contribution in [0, 0.1) is 0 Å². The van der Waals surface area contributed by atoms with E-state index in [0.29, 0.717) is 5.75 Å². The summed E-state index contributed by atoms with van der Waals surface area (Å²) in [6.07, 6.45) is 3.25. The van der Waals surface area contributed by atoms with Crippen LogP contribution in [0.3, 0.4) is 0 Å². The first-order chi connectivity index (χ1) is 9.66. The van der Waals surface area contributed by atoms with Crippen molar-refractivity contribution in [2.45, 2.75) is 6.54 Å². The molecule has 0 unspecified atom stereocenters. The molecule has 1 N–H and O–H groups in total. The standard InChI is InChI=1S/C14H16N2O3S/c17-20(18,16-12-13-6-8-15-9-7-13)11-10-19-14-4-2-1-3-5-14/h1-9,16H,10-12H2. The van der Waals surface area contributed by atoms with Gasteiger partial charge in [0.2, 0.25) is 10.0 Å². The van der Waals surface area contributed by atoms with Crippen LogP contribution in [0.4, 0.5) is 0 Å². The van der Waals surface area contributed by atoms with E-state index < -0.39 is 10.0 Å². The predicted molar refractivity (Wildman–Crippen MR) is 76.8 cm³/mol. The second-order valence-electron chi connectivity index (χ2n) is 4.16. The van der Waals surface area contributed by atoms with Crippen LogP contribution in [0.2, 0.25) is 0 Å². The van der Waals surface area contributed by atoms with Crippen molar-refractivity contribution in [1.82, 2.24) is 9.71 Å². The molecule has 0 aliphatic carbocycles. The highest BCUT2D eigenvalue weighted by Gasteiger charge is 2.10. The van der Waals surface area contributed by atoms with Crippen LogP contribution in [-0.2, 0) is 16.6 Å². The molecule has 0 aliphatic rings. The van der Waals surface area contributed by atoms with Crippen LogP contribution in [-0.4, -0.2) is 25.8 Å². The summed E-state index contributed by atoms with van der Waals surface area (Å²) in [5, 5.41) is 0. The third-order valence-electron chi connectivity index (χ3n) is 2.61. The summed E-state index contributed by atoms with van der Waals surface area (Å²) in [6.45, 7) is 0.381. The largest absolute Gasteiger partial charge is 0.492 e. The summed E-state index contributed by atoms with van der Waals surface area (Å²) in [6, 6.07) is 12.7. The van der Waals surface area contributed by atoms with Crippen LogP contribution in [0.25, 0.3) is 0 Å². The SMILES string of the molecule is O=S(=O)(CCOc1ccccc1)NCc1ccncc1. The van der Waals surface area contributed by atoms with Gasteiger partial charge in [-0.3, -0.25) is 4.98 Å². The third-order valence-corrected chi connectivity index (χ3v) is 3.90. The molecule has 6 heteroatoms. The van der Waals surface area contributed by atoms with Crippen molar-refractivity contribution in [3.63, 3.8) is 0 Å². The number of pyridine rings is 1. The minimum absolute atomic E-state index is 0.0764. The van der Waals surface area contributed by atoms with Gasteiger partial charge in [0, 0.05) is 18.9 Å². The fourth-order valence-electron chi connectivity index (χ4n) is 1.55. The number of sulfonamides is 1. The van der Waals surface area contributed by atoms with Crippen LogP contribution in [0.1, 0.15) is 5.56 Å². The quantitative estimate of drug-likeness (QED) is 0.841. The van der Waals surface area contributed by atoms with E-state index in [1.807, 2.05) is 18.2 Å². The topological polar surface area (TPSA) is 68.3 Å². The van der Waals surface area contributed by atoms with Crippen molar-refractivity contribution in [2.24, 2.45) is 0 Å². The van der Waals surface area contributed by atoms with E-state index in [0.717, 1.165) is 5.56 Å². The first-order valence-corrected chi connectivity index (χ1v) is 7.85. The average Bonchev–Trinajstić information content (AvgIpc) is 2.47. The predicted octanol–water partition coefficient (Wildman–Crippen LogP) is 1.58. The number of ether oxygens (including phenoxy) is 1. The minimum Gasteiger partial charge on any atom is -0.492 e. The Balaban J connectivity index is 1.77. The van der Waals surface area contributed by atoms with E-state index >= 15 is 0 Å². The highest BCUT2D eigenvalue weighted by molar-refractivity contribution is 7.89. The number of hydrogen-bond donors (Lipinski definition) is 1. The van der Waals surface area contributed by atoms with Crippen molar-refractivity contribution < 1.29 is 13.2 Å². The molecule has 0 fully saturated rings. The molecular formula is C14H16N2O3S. The lowest BCUT2D eigenvalue weighted by molar-refractivity contribution is 0.340. The highest BCUT2D eigenvalue weighted by atomic mass is 32.2. The first-order valence-electron chi connectivity index (χ1n) is 6.20. The van der Waals surface area contributed by atoms with E-state index in [1.54, 1.807) is 36.7 Å². The lowest BCUT2D eigenvalue weighted by Crippen LogP contribution is -2.28. The molecule has 106 valence electrons. The smallest absolute Gasteiger partial charge is 0.215 e. The second kappa shape index (κ2) is 7.02. The van der Waals surface area contributed by atoms with E-state index in [1.165, 1.54) is 0 Å². The fourth-order valence-corrected chi connectivity index (χ4v) is 2.39. The number of nitrogens with zero attached hydrogens (tertiary/aromatic N) is 1. The van der Waals surface area contributed by atoms with E-state index in [-0.39, 0.29) is 18.9 Å². The van der Waals surface area contributed by atoms with E-state index in [4.69, 9.17) is 4.74 Å². The number of hydrogen-bond acceptors (Lipinski definition) is 4. The number of nitrogens with one attached hydrogen (secondary N) is 1. The summed E-state index contributed by atoms with van der Waals surface area (Å²) in [5.74, 6) is 0.587. The van der Waals surface area contributed by atoms with Crippen LogP contribution in [0.5, 0.6) is 5.75 Å². The maximum Gasteiger partial charge on any atom is 0.215 e. The van der Waals surface area contributed by atoms with Crippen molar-refractivity contribution in [1.29, 1.82) is 0 Å². The highest BCUT2D eigenvalue weighted by Crippen LogP contribution is 2.08. The normalized spacial score (nSPS) is 11.2. The number of benzene rings is 1. The van der Waals surface area contributed by atoms with E-state index in [2.05, 4.69) is 9.71 Å². The summed E-state index contributed by atoms with van der Waals surface area (Å²) >= 11 is 0. The average molecular weight is 292 g/mol. The van der Waals surface area contributed by atoms with Gasteiger partial charge in [0.1, 0.15) is 12.4 Å². The molecule has 1 heterocycles. The summed E-state index contributed by atoms with van der Waals surface area (Å²) < 4.78 is 31.5. The number of rotatable bonds is 7. The fraction of sp³-hybridized carbons (Fsp3) is 0.214. The molecule has 0 aliphatic heterocycles. The van der Waals surface area contributed by atoms with E-state index in [9.17, 15) is 8.42 Å². The molecule has 20 heavy (non-hydrogen) atoms. The zero-order valence-electron chi connectivity index (χ0n) is 10.9. The molecular weight excluding hydrogens is 276 g/mol. The molecule has 1 aromatic heterocycles. The Bertz CT molecular complexity index is 615. The Hall–Kier alpha value is -1.92. The first kappa shape index (κ1) is 14.5. The van der Waals surface area contributed by atoms with Crippen LogP contribution >= 0.6 is 0 Å². The Labute approximate surface area is 118 Å². The Morgan fingerprint density at radius 1 is 1.05 bits per heavy atom. The van der Waals surface area contributed by atoms with Gasteiger partial charge in [-0.05, 0) is 29.8 Å². The Morgan fingerprint density at radius 3 is 2.45 bits per heavy atom. The van der Waals surface area contributed by atoms with Gasteiger partial charge in [0.25, 0.3) is 0 Å². The lowest BCUT2D eigenvalue weighted by atomic mass is 10.3. The van der Waals surface area contributed by atoms with Crippen molar-refractivity contribution >= 4 is 10.0 Å². The lowest BCUT2D eigenvalue weighted by Gasteiger charge is -2.08. The molecule has 0 spiro atoms. The van der Waals surface area contributed by atoms with Gasteiger partial charge in [0.05, 0.1) is 5.75 Å². The number of para-hydroxylation sites is 1. The maximum atomic E-state index is 11.8.